The lowest BCUT2D eigenvalue weighted by Gasteiger charge is -2.16. The molecule has 1 aliphatic rings. The summed E-state index contributed by atoms with van der Waals surface area (Å²) in [5.74, 6) is -0.672. The number of nitrogens with one attached hydrogen (secondary N) is 1. The summed E-state index contributed by atoms with van der Waals surface area (Å²) in [6.45, 7) is 2.80. The summed E-state index contributed by atoms with van der Waals surface area (Å²) in [4.78, 5) is 23.7. The minimum atomic E-state index is -0.324. The highest BCUT2D eigenvalue weighted by molar-refractivity contribution is 5.78. The van der Waals surface area contributed by atoms with Gasteiger partial charge in [-0.15, -0.1) is 0 Å². The van der Waals surface area contributed by atoms with Crippen LogP contribution in [0.15, 0.2) is 24.3 Å². The number of benzene rings is 1. The Kier molecular flexibility index (Phi) is 5.89. The molecule has 0 bridgehead atoms. The Labute approximate surface area is 129 Å². The van der Waals surface area contributed by atoms with Crippen LogP contribution in [0.4, 0.5) is 4.39 Å². The summed E-state index contributed by atoms with van der Waals surface area (Å²) >= 11 is 0. The van der Waals surface area contributed by atoms with Gasteiger partial charge in [0.1, 0.15) is 11.9 Å². The van der Waals surface area contributed by atoms with Gasteiger partial charge in [0.25, 0.3) is 0 Å². The van der Waals surface area contributed by atoms with Crippen LogP contribution in [0.25, 0.3) is 0 Å². The highest BCUT2D eigenvalue weighted by Crippen LogP contribution is 2.10. The molecule has 2 rings (SSSR count). The van der Waals surface area contributed by atoms with Crippen molar-refractivity contribution in [2.45, 2.75) is 38.7 Å². The zero-order valence-electron chi connectivity index (χ0n) is 12.7. The van der Waals surface area contributed by atoms with E-state index in [9.17, 15) is 14.0 Å². The number of halogens is 1. The van der Waals surface area contributed by atoms with Crippen molar-refractivity contribution in [3.8, 4) is 0 Å². The molecule has 0 saturated carbocycles. The van der Waals surface area contributed by atoms with Crippen molar-refractivity contribution in [2.75, 3.05) is 13.1 Å². The smallest absolute Gasteiger partial charge is 0.306 e. The maximum atomic E-state index is 12.8. The molecular formula is C16H21FN2O3. The van der Waals surface area contributed by atoms with Crippen molar-refractivity contribution in [3.05, 3.63) is 35.6 Å². The molecule has 0 radical (unpaired) electrons. The molecule has 1 saturated heterocycles. The van der Waals surface area contributed by atoms with Crippen LogP contribution in [-0.4, -0.2) is 36.1 Å². The molecule has 5 nitrogen and oxygen atoms in total. The van der Waals surface area contributed by atoms with E-state index in [-0.39, 0.29) is 30.2 Å². The van der Waals surface area contributed by atoms with Gasteiger partial charge in [0.15, 0.2) is 0 Å². The van der Waals surface area contributed by atoms with E-state index >= 15 is 0 Å². The third-order valence-electron chi connectivity index (χ3n) is 3.50. The molecule has 0 aliphatic carbocycles. The fourth-order valence-corrected chi connectivity index (χ4v) is 2.25. The Bertz CT molecular complexity index is 519. The first-order valence-electron chi connectivity index (χ1n) is 7.56. The van der Waals surface area contributed by atoms with E-state index in [4.69, 9.17) is 4.74 Å². The third kappa shape index (κ3) is 4.80. The second-order valence-corrected chi connectivity index (χ2v) is 5.39. The lowest BCUT2D eigenvalue weighted by molar-refractivity contribution is -0.148. The van der Waals surface area contributed by atoms with E-state index in [1.807, 2.05) is 6.92 Å². The number of nitrogens with zero attached hydrogens (tertiary/aromatic N) is 1. The molecule has 22 heavy (non-hydrogen) atoms. The number of esters is 1. The number of hydrogen-bond acceptors (Lipinski definition) is 4. The summed E-state index contributed by atoms with van der Waals surface area (Å²) < 4.78 is 18.1. The SMILES string of the molecule is CCCCC(=O)OC1CNN(C(=O)Cc2ccc(F)cc2)C1. The molecule has 120 valence electrons. The number of ether oxygens (including phenoxy) is 1. The Morgan fingerprint density at radius 3 is 2.77 bits per heavy atom. The molecule has 1 unspecified atom stereocenters. The first-order valence-corrected chi connectivity index (χ1v) is 7.56. The molecule has 1 heterocycles. The molecule has 1 aromatic rings. The van der Waals surface area contributed by atoms with Gasteiger partial charge in [-0.25, -0.2) is 9.82 Å². The lowest BCUT2D eigenvalue weighted by Crippen LogP contribution is -2.38. The van der Waals surface area contributed by atoms with Gasteiger partial charge in [0.2, 0.25) is 5.91 Å². The second kappa shape index (κ2) is 7.89. The van der Waals surface area contributed by atoms with Crippen LogP contribution in [-0.2, 0) is 20.7 Å². The molecule has 6 heteroatoms. The third-order valence-corrected chi connectivity index (χ3v) is 3.50. The van der Waals surface area contributed by atoms with Gasteiger partial charge in [-0.3, -0.25) is 14.6 Å². The number of carbonyl (C=O) groups excluding carboxylic acids is 2. The van der Waals surface area contributed by atoms with E-state index in [0.29, 0.717) is 19.5 Å². The Hall–Kier alpha value is -1.95. The number of amides is 1. The maximum absolute atomic E-state index is 12.8. The molecule has 1 atom stereocenters. The summed E-state index contributed by atoms with van der Waals surface area (Å²) in [6, 6.07) is 5.84. The van der Waals surface area contributed by atoms with Crippen molar-refractivity contribution in [1.82, 2.24) is 10.4 Å². The van der Waals surface area contributed by atoms with Crippen LogP contribution in [0.5, 0.6) is 0 Å². The largest absolute Gasteiger partial charge is 0.459 e. The van der Waals surface area contributed by atoms with E-state index in [2.05, 4.69) is 5.43 Å². The average molecular weight is 308 g/mol. The van der Waals surface area contributed by atoms with E-state index in [1.54, 1.807) is 12.1 Å². The number of unbranched alkanes of at least 4 members (excludes halogenated alkanes) is 1. The van der Waals surface area contributed by atoms with Gasteiger partial charge in [-0.05, 0) is 24.1 Å². The minimum absolute atomic E-state index is 0.126. The van der Waals surface area contributed by atoms with Crippen LogP contribution < -0.4 is 5.43 Å². The topological polar surface area (TPSA) is 58.6 Å². The van der Waals surface area contributed by atoms with Crippen LogP contribution in [0, 0.1) is 5.82 Å². The summed E-state index contributed by atoms with van der Waals surface area (Å²) in [5, 5.41) is 1.46. The van der Waals surface area contributed by atoms with E-state index in [0.717, 1.165) is 18.4 Å². The van der Waals surface area contributed by atoms with Crippen molar-refractivity contribution in [2.24, 2.45) is 0 Å². The van der Waals surface area contributed by atoms with Crippen molar-refractivity contribution >= 4 is 11.9 Å². The summed E-state index contributed by atoms with van der Waals surface area (Å²) in [7, 11) is 0. The molecule has 1 aromatic carbocycles. The predicted molar refractivity (Wildman–Crippen MR) is 79.2 cm³/mol. The first-order chi connectivity index (χ1) is 10.6. The van der Waals surface area contributed by atoms with E-state index in [1.165, 1.54) is 17.1 Å². The fraction of sp³-hybridized carbons (Fsp3) is 0.500. The van der Waals surface area contributed by atoms with Gasteiger partial charge < -0.3 is 4.74 Å². The minimum Gasteiger partial charge on any atom is -0.459 e. The Morgan fingerprint density at radius 1 is 1.36 bits per heavy atom. The van der Waals surface area contributed by atoms with Crippen LogP contribution >= 0.6 is 0 Å². The number of carbonyl (C=O) groups is 2. The molecule has 0 spiro atoms. The number of hydrazine groups is 1. The number of rotatable bonds is 6. The monoisotopic (exact) mass is 308 g/mol. The molecule has 1 aliphatic heterocycles. The van der Waals surface area contributed by atoms with Crippen LogP contribution in [0.2, 0.25) is 0 Å². The van der Waals surface area contributed by atoms with Gasteiger partial charge in [0, 0.05) is 6.42 Å². The molecule has 1 amide bonds. The first kappa shape index (κ1) is 16.4. The highest BCUT2D eigenvalue weighted by atomic mass is 19.1. The average Bonchev–Trinajstić information content (AvgIpc) is 2.96. The Morgan fingerprint density at radius 2 is 2.09 bits per heavy atom. The normalized spacial score (nSPS) is 17.5. The molecule has 0 aromatic heterocycles. The van der Waals surface area contributed by atoms with Gasteiger partial charge in [-0.1, -0.05) is 25.5 Å². The standard InChI is InChI=1S/C16H21FN2O3/c1-2-3-4-16(21)22-14-10-18-19(11-14)15(20)9-12-5-7-13(17)8-6-12/h5-8,14,18H,2-4,9-11H2,1H3. The van der Waals surface area contributed by atoms with Crippen molar-refractivity contribution in [3.63, 3.8) is 0 Å². The van der Waals surface area contributed by atoms with Crippen LogP contribution in [0.1, 0.15) is 31.7 Å². The maximum Gasteiger partial charge on any atom is 0.306 e. The quantitative estimate of drug-likeness (QED) is 0.814. The lowest BCUT2D eigenvalue weighted by atomic mass is 10.1. The van der Waals surface area contributed by atoms with Crippen LogP contribution in [0.3, 0.4) is 0 Å². The van der Waals surface area contributed by atoms with Crippen molar-refractivity contribution in [1.29, 1.82) is 0 Å². The Balaban J connectivity index is 1.78. The van der Waals surface area contributed by atoms with E-state index < -0.39 is 0 Å². The van der Waals surface area contributed by atoms with Crippen molar-refractivity contribution < 1.29 is 18.7 Å². The molecular weight excluding hydrogens is 287 g/mol. The fourth-order valence-electron chi connectivity index (χ4n) is 2.25. The second-order valence-electron chi connectivity index (χ2n) is 5.39. The molecule has 1 fully saturated rings. The summed E-state index contributed by atoms with van der Waals surface area (Å²) in [5.41, 5.74) is 3.68. The zero-order chi connectivity index (χ0) is 15.9. The van der Waals surface area contributed by atoms with Gasteiger partial charge in [0.05, 0.1) is 19.5 Å². The number of hydrogen-bond donors (Lipinski definition) is 1. The predicted octanol–water partition coefficient (Wildman–Crippen LogP) is 1.82. The zero-order valence-corrected chi connectivity index (χ0v) is 12.7. The highest BCUT2D eigenvalue weighted by Gasteiger charge is 2.28. The van der Waals surface area contributed by atoms with Gasteiger partial charge in [-0.2, -0.15) is 0 Å². The summed E-state index contributed by atoms with van der Waals surface area (Å²) in [6.07, 6.45) is 2.05. The molecule has 1 N–H and O–H groups in total. The van der Waals surface area contributed by atoms with Gasteiger partial charge >= 0.3 is 5.97 Å².